The number of piperazine rings is 1. The predicted molar refractivity (Wildman–Crippen MR) is 101 cm³/mol. The molecule has 1 fully saturated rings. The summed E-state index contributed by atoms with van der Waals surface area (Å²) in [4.78, 5) is 14.1. The van der Waals surface area contributed by atoms with Gasteiger partial charge in [-0.05, 0) is 37.3 Å². The molecule has 0 bridgehead atoms. The number of amides is 1. The lowest BCUT2D eigenvalue weighted by atomic mass is 10.2. The maximum Gasteiger partial charge on any atom is 0.243 e. The van der Waals surface area contributed by atoms with E-state index in [0.29, 0.717) is 13.1 Å². The lowest BCUT2D eigenvalue weighted by Crippen LogP contribution is -2.53. The van der Waals surface area contributed by atoms with E-state index in [2.05, 4.69) is 5.32 Å². The van der Waals surface area contributed by atoms with Gasteiger partial charge in [-0.25, -0.2) is 17.2 Å². The molecule has 6 nitrogen and oxygen atoms in total. The normalized spacial score (nSPS) is 17.2. The van der Waals surface area contributed by atoms with E-state index >= 15 is 0 Å². The molecule has 2 aromatic carbocycles. The van der Waals surface area contributed by atoms with Crippen molar-refractivity contribution in [2.75, 3.05) is 31.5 Å². The number of carbonyl (C=O) groups excluding carboxylic acids is 1. The van der Waals surface area contributed by atoms with Crippen molar-refractivity contribution in [1.29, 1.82) is 0 Å². The van der Waals surface area contributed by atoms with Gasteiger partial charge in [0.1, 0.15) is 11.6 Å². The SMILES string of the molecule is C[C@H](C(=O)Nc1ccccc1F)N1CCN(S(=O)(=O)c2cccc(F)c2)CC1. The highest BCUT2D eigenvalue weighted by molar-refractivity contribution is 7.89. The summed E-state index contributed by atoms with van der Waals surface area (Å²) in [5.41, 5.74) is 0.103. The second kappa shape index (κ2) is 8.34. The first-order valence-electron chi connectivity index (χ1n) is 8.84. The summed E-state index contributed by atoms with van der Waals surface area (Å²) in [6.07, 6.45) is 0. The van der Waals surface area contributed by atoms with Gasteiger partial charge >= 0.3 is 0 Å². The van der Waals surface area contributed by atoms with Crippen molar-refractivity contribution in [2.45, 2.75) is 17.9 Å². The van der Waals surface area contributed by atoms with Crippen LogP contribution in [0.4, 0.5) is 14.5 Å². The van der Waals surface area contributed by atoms with Crippen molar-refractivity contribution in [3.05, 3.63) is 60.2 Å². The highest BCUT2D eigenvalue weighted by atomic mass is 32.2. The van der Waals surface area contributed by atoms with Crippen LogP contribution in [0, 0.1) is 11.6 Å². The summed E-state index contributed by atoms with van der Waals surface area (Å²) in [6.45, 7) is 2.71. The summed E-state index contributed by atoms with van der Waals surface area (Å²) < 4.78 is 53.6. The third kappa shape index (κ3) is 4.37. The zero-order valence-electron chi connectivity index (χ0n) is 15.3. The Morgan fingerprint density at radius 2 is 1.71 bits per heavy atom. The van der Waals surface area contributed by atoms with Crippen LogP contribution in [0.5, 0.6) is 0 Å². The number of nitrogens with zero attached hydrogens (tertiary/aromatic N) is 2. The minimum Gasteiger partial charge on any atom is -0.322 e. The maximum atomic E-state index is 13.7. The molecule has 1 saturated heterocycles. The summed E-state index contributed by atoms with van der Waals surface area (Å²) in [5.74, 6) is -1.50. The largest absolute Gasteiger partial charge is 0.322 e. The van der Waals surface area contributed by atoms with Gasteiger partial charge in [0.05, 0.1) is 16.6 Å². The number of rotatable bonds is 5. The van der Waals surface area contributed by atoms with Gasteiger partial charge in [-0.15, -0.1) is 0 Å². The van der Waals surface area contributed by atoms with Crippen LogP contribution in [-0.4, -0.2) is 55.8 Å². The van der Waals surface area contributed by atoms with Gasteiger partial charge in [0.25, 0.3) is 0 Å². The average molecular weight is 409 g/mol. The number of hydrogen-bond acceptors (Lipinski definition) is 4. The van der Waals surface area contributed by atoms with E-state index in [0.717, 1.165) is 6.07 Å². The fourth-order valence-electron chi connectivity index (χ4n) is 3.07. The molecule has 1 aliphatic heterocycles. The Kier molecular flexibility index (Phi) is 6.07. The van der Waals surface area contributed by atoms with Crippen LogP contribution in [0.3, 0.4) is 0 Å². The molecule has 0 unspecified atom stereocenters. The molecule has 0 spiro atoms. The minimum atomic E-state index is -3.79. The van der Waals surface area contributed by atoms with Crippen LogP contribution in [0.15, 0.2) is 53.4 Å². The van der Waals surface area contributed by atoms with Crippen molar-refractivity contribution in [1.82, 2.24) is 9.21 Å². The topological polar surface area (TPSA) is 69.7 Å². The molecule has 1 N–H and O–H groups in total. The van der Waals surface area contributed by atoms with Gasteiger partial charge < -0.3 is 5.32 Å². The maximum absolute atomic E-state index is 13.7. The van der Waals surface area contributed by atoms with E-state index in [4.69, 9.17) is 0 Å². The molecule has 1 heterocycles. The minimum absolute atomic E-state index is 0.0914. The second-order valence-electron chi connectivity index (χ2n) is 6.54. The molecular weight excluding hydrogens is 388 g/mol. The lowest BCUT2D eigenvalue weighted by molar-refractivity contribution is -0.121. The van der Waals surface area contributed by atoms with Crippen molar-refractivity contribution < 1.29 is 22.0 Å². The number of hydrogen-bond donors (Lipinski definition) is 1. The Balaban J connectivity index is 1.61. The fourth-order valence-corrected chi connectivity index (χ4v) is 4.53. The number of para-hydroxylation sites is 1. The molecule has 1 atom stereocenters. The molecule has 9 heteroatoms. The van der Waals surface area contributed by atoms with Gasteiger partial charge in [0.15, 0.2) is 0 Å². The molecule has 0 saturated carbocycles. The van der Waals surface area contributed by atoms with Gasteiger partial charge in [-0.1, -0.05) is 18.2 Å². The number of benzene rings is 2. The molecule has 0 aliphatic carbocycles. The highest BCUT2D eigenvalue weighted by Crippen LogP contribution is 2.20. The average Bonchev–Trinajstić information content (AvgIpc) is 2.69. The van der Waals surface area contributed by atoms with E-state index < -0.39 is 27.7 Å². The third-order valence-corrected chi connectivity index (χ3v) is 6.66. The van der Waals surface area contributed by atoms with Crippen molar-refractivity contribution >= 4 is 21.6 Å². The number of halogens is 2. The first-order valence-corrected chi connectivity index (χ1v) is 10.3. The molecule has 150 valence electrons. The van der Waals surface area contributed by atoms with E-state index in [1.54, 1.807) is 13.0 Å². The van der Waals surface area contributed by atoms with Crippen LogP contribution in [0.2, 0.25) is 0 Å². The zero-order valence-corrected chi connectivity index (χ0v) is 16.1. The van der Waals surface area contributed by atoms with Crippen LogP contribution < -0.4 is 5.32 Å². The first-order chi connectivity index (χ1) is 13.3. The molecule has 0 aromatic heterocycles. The van der Waals surface area contributed by atoms with E-state index in [9.17, 15) is 22.0 Å². The van der Waals surface area contributed by atoms with E-state index in [1.807, 2.05) is 4.90 Å². The molecule has 3 rings (SSSR count). The number of nitrogens with one attached hydrogen (secondary N) is 1. The molecular formula is C19H21F2N3O3S. The second-order valence-corrected chi connectivity index (χ2v) is 8.48. The van der Waals surface area contributed by atoms with Crippen molar-refractivity contribution in [3.63, 3.8) is 0 Å². The third-order valence-electron chi connectivity index (χ3n) is 4.77. The Hall–Kier alpha value is -2.36. The first kappa shape index (κ1) is 20.4. The lowest BCUT2D eigenvalue weighted by Gasteiger charge is -2.36. The Morgan fingerprint density at radius 3 is 2.36 bits per heavy atom. The molecule has 2 aromatic rings. The smallest absolute Gasteiger partial charge is 0.243 e. The standard InChI is InChI=1S/C19H21F2N3O3S/c1-14(19(25)22-18-8-3-2-7-17(18)21)23-9-11-24(12-10-23)28(26,27)16-6-4-5-15(20)13-16/h2-8,13-14H,9-12H2,1H3,(H,22,25)/t14-/m1/s1. The van der Waals surface area contributed by atoms with Gasteiger partial charge in [-0.3, -0.25) is 9.69 Å². The monoisotopic (exact) mass is 409 g/mol. The van der Waals surface area contributed by atoms with Crippen LogP contribution in [-0.2, 0) is 14.8 Å². The summed E-state index contributed by atoms with van der Waals surface area (Å²) >= 11 is 0. The molecule has 28 heavy (non-hydrogen) atoms. The highest BCUT2D eigenvalue weighted by Gasteiger charge is 2.32. The Morgan fingerprint density at radius 1 is 1.04 bits per heavy atom. The number of anilines is 1. The summed E-state index contributed by atoms with van der Waals surface area (Å²) in [5, 5.41) is 2.55. The predicted octanol–water partition coefficient (Wildman–Crippen LogP) is 2.30. The van der Waals surface area contributed by atoms with Gasteiger partial charge in [0.2, 0.25) is 15.9 Å². The van der Waals surface area contributed by atoms with Crippen LogP contribution >= 0.6 is 0 Å². The Bertz CT molecular complexity index is 960. The number of carbonyl (C=O) groups is 1. The Labute approximate surface area is 162 Å². The van der Waals surface area contributed by atoms with E-state index in [-0.39, 0.29) is 29.6 Å². The zero-order chi connectivity index (χ0) is 20.3. The van der Waals surface area contributed by atoms with Crippen LogP contribution in [0.25, 0.3) is 0 Å². The van der Waals surface area contributed by atoms with Crippen molar-refractivity contribution in [3.8, 4) is 0 Å². The van der Waals surface area contributed by atoms with Crippen LogP contribution in [0.1, 0.15) is 6.92 Å². The molecule has 1 aliphatic rings. The summed E-state index contributed by atoms with van der Waals surface area (Å²) in [7, 11) is -3.79. The van der Waals surface area contributed by atoms with Gasteiger partial charge in [0, 0.05) is 26.2 Å². The molecule has 1 amide bonds. The fraction of sp³-hybridized carbons (Fsp3) is 0.316. The quantitative estimate of drug-likeness (QED) is 0.823. The summed E-state index contributed by atoms with van der Waals surface area (Å²) in [6, 6.07) is 10.2. The van der Waals surface area contributed by atoms with E-state index in [1.165, 1.54) is 40.7 Å². The number of sulfonamides is 1. The van der Waals surface area contributed by atoms with Gasteiger partial charge in [-0.2, -0.15) is 4.31 Å². The molecule has 0 radical (unpaired) electrons. The van der Waals surface area contributed by atoms with Crippen molar-refractivity contribution in [2.24, 2.45) is 0 Å².